The van der Waals surface area contributed by atoms with E-state index in [4.69, 9.17) is 4.74 Å². The van der Waals surface area contributed by atoms with Gasteiger partial charge in [-0.3, -0.25) is 4.79 Å². The zero-order valence-corrected chi connectivity index (χ0v) is 12.0. The Hall–Kier alpha value is -1.35. The van der Waals surface area contributed by atoms with Crippen LogP contribution in [0.5, 0.6) is 0 Å². The smallest absolute Gasteiger partial charge is 0.222 e. The molecule has 0 heterocycles. The summed E-state index contributed by atoms with van der Waals surface area (Å²) in [7, 11) is 0. The summed E-state index contributed by atoms with van der Waals surface area (Å²) in [6.07, 6.45) is 1.66. The van der Waals surface area contributed by atoms with Gasteiger partial charge < -0.3 is 10.1 Å². The second-order valence-corrected chi connectivity index (χ2v) is 5.59. The average molecular weight is 261 g/mol. The molecule has 1 amide bonds. The van der Waals surface area contributed by atoms with Crippen LogP contribution in [0.2, 0.25) is 0 Å². The Bertz CT molecular complexity index is 442. The van der Waals surface area contributed by atoms with Gasteiger partial charge in [0.15, 0.2) is 0 Å². The van der Waals surface area contributed by atoms with Crippen LogP contribution in [0.3, 0.4) is 0 Å². The molecule has 104 valence electrons. The summed E-state index contributed by atoms with van der Waals surface area (Å²) in [6.45, 7) is 6.64. The van der Waals surface area contributed by atoms with Crippen molar-refractivity contribution in [3.8, 4) is 0 Å². The van der Waals surface area contributed by atoms with Crippen LogP contribution in [0.4, 0.5) is 0 Å². The molecular formula is C16H23NO2. The highest BCUT2D eigenvalue weighted by atomic mass is 16.5. The fourth-order valence-corrected chi connectivity index (χ4v) is 2.65. The Morgan fingerprint density at radius 1 is 1.42 bits per heavy atom. The van der Waals surface area contributed by atoms with Crippen LogP contribution in [-0.2, 0) is 16.0 Å². The van der Waals surface area contributed by atoms with Crippen molar-refractivity contribution < 1.29 is 9.53 Å². The number of rotatable bonds is 5. The molecule has 0 radical (unpaired) electrons. The van der Waals surface area contributed by atoms with Crippen LogP contribution in [0.25, 0.3) is 0 Å². The molecule has 2 rings (SSSR count). The van der Waals surface area contributed by atoms with Crippen molar-refractivity contribution in [2.45, 2.75) is 45.8 Å². The second kappa shape index (κ2) is 6.20. The molecule has 1 aromatic rings. The Kier molecular flexibility index (Phi) is 4.59. The molecule has 1 aromatic carbocycles. The van der Waals surface area contributed by atoms with Gasteiger partial charge in [0.2, 0.25) is 5.91 Å². The third-order valence-electron chi connectivity index (χ3n) is 3.60. The van der Waals surface area contributed by atoms with Gasteiger partial charge in [0, 0.05) is 6.42 Å². The molecule has 3 nitrogen and oxygen atoms in total. The highest BCUT2D eigenvalue weighted by molar-refractivity contribution is 5.76. The lowest BCUT2D eigenvalue weighted by atomic mass is 10.0. The van der Waals surface area contributed by atoms with Gasteiger partial charge >= 0.3 is 0 Å². The van der Waals surface area contributed by atoms with E-state index in [9.17, 15) is 4.79 Å². The number of hydrogen-bond donors (Lipinski definition) is 1. The Balaban J connectivity index is 1.90. The topological polar surface area (TPSA) is 38.3 Å². The zero-order chi connectivity index (χ0) is 13.8. The van der Waals surface area contributed by atoms with Crippen molar-refractivity contribution >= 4 is 5.91 Å². The van der Waals surface area contributed by atoms with E-state index in [1.807, 2.05) is 19.9 Å². The minimum absolute atomic E-state index is 0.0780. The largest absolute Gasteiger partial charge is 0.378 e. The Morgan fingerprint density at radius 3 is 2.89 bits per heavy atom. The highest BCUT2D eigenvalue weighted by Crippen LogP contribution is 2.35. The fraction of sp³-hybridized carbons (Fsp3) is 0.562. The first kappa shape index (κ1) is 14.1. The SMILES string of the molecule is CC(C)OCCC(=O)N[C@@H]1c2ccccc2C[C@@H]1C. The first-order chi connectivity index (χ1) is 9.08. The predicted molar refractivity (Wildman–Crippen MR) is 75.9 cm³/mol. The molecule has 0 saturated heterocycles. The molecule has 0 aliphatic heterocycles. The summed E-state index contributed by atoms with van der Waals surface area (Å²) < 4.78 is 5.41. The summed E-state index contributed by atoms with van der Waals surface area (Å²) in [4.78, 5) is 11.9. The first-order valence-electron chi connectivity index (χ1n) is 7.06. The number of carbonyl (C=O) groups is 1. The van der Waals surface area contributed by atoms with E-state index in [0.717, 1.165) is 6.42 Å². The molecular weight excluding hydrogens is 238 g/mol. The van der Waals surface area contributed by atoms with Gasteiger partial charge in [0.05, 0.1) is 18.8 Å². The van der Waals surface area contributed by atoms with Crippen LogP contribution in [0, 0.1) is 5.92 Å². The van der Waals surface area contributed by atoms with Crippen LogP contribution in [-0.4, -0.2) is 18.6 Å². The van der Waals surface area contributed by atoms with E-state index >= 15 is 0 Å². The Morgan fingerprint density at radius 2 is 2.16 bits per heavy atom. The lowest BCUT2D eigenvalue weighted by molar-refractivity contribution is -0.123. The van der Waals surface area contributed by atoms with Gasteiger partial charge in [0.1, 0.15) is 0 Å². The molecule has 0 aromatic heterocycles. The summed E-state index contributed by atoms with van der Waals surface area (Å²) in [5, 5.41) is 3.14. The average Bonchev–Trinajstić information content (AvgIpc) is 2.66. The highest BCUT2D eigenvalue weighted by Gasteiger charge is 2.29. The summed E-state index contributed by atoms with van der Waals surface area (Å²) in [6, 6.07) is 8.53. The molecule has 0 bridgehead atoms. The molecule has 0 unspecified atom stereocenters. The summed E-state index contributed by atoms with van der Waals surface area (Å²) in [5.74, 6) is 0.543. The lowest BCUT2D eigenvalue weighted by Gasteiger charge is -2.19. The Labute approximate surface area is 115 Å². The number of hydrogen-bond acceptors (Lipinski definition) is 2. The number of fused-ring (bicyclic) bond motifs is 1. The molecule has 1 aliphatic rings. The van der Waals surface area contributed by atoms with E-state index in [-0.39, 0.29) is 18.1 Å². The molecule has 0 fully saturated rings. The van der Waals surface area contributed by atoms with Gasteiger partial charge in [-0.2, -0.15) is 0 Å². The maximum absolute atomic E-state index is 11.9. The lowest BCUT2D eigenvalue weighted by Crippen LogP contribution is -2.31. The van der Waals surface area contributed by atoms with Gasteiger partial charge in [-0.05, 0) is 37.3 Å². The second-order valence-electron chi connectivity index (χ2n) is 5.59. The third kappa shape index (κ3) is 3.57. The van der Waals surface area contributed by atoms with E-state index < -0.39 is 0 Å². The molecule has 2 atom stereocenters. The van der Waals surface area contributed by atoms with Crippen molar-refractivity contribution in [2.24, 2.45) is 5.92 Å². The maximum atomic E-state index is 11.9. The number of carbonyl (C=O) groups excluding carboxylic acids is 1. The molecule has 3 heteroatoms. The number of amides is 1. The number of nitrogens with one attached hydrogen (secondary N) is 1. The minimum atomic E-state index is 0.0780. The van der Waals surface area contributed by atoms with Crippen molar-refractivity contribution in [3.63, 3.8) is 0 Å². The van der Waals surface area contributed by atoms with E-state index in [2.05, 4.69) is 30.4 Å². The fourth-order valence-electron chi connectivity index (χ4n) is 2.65. The van der Waals surface area contributed by atoms with Gasteiger partial charge in [-0.25, -0.2) is 0 Å². The van der Waals surface area contributed by atoms with Crippen molar-refractivity contribution in [2.75, 3.05) is 6.61 Å². The zero-order valence-electron chi connectivity index (χ0n) is 12.0. The van der Waals surface area contributed by atoms with Crippen LogP contribution in [0.15, 0.2) is 24.3 Å². The molecule has 0 spiro atoms. The molecule has 1 N–H and O–H groups in total. The number of ether oxygens (including phenoxy) is 1. The standard InChI is InChI=1S/C16H23NO2/c1-11(2)19-9-8-15(18)17-16-12(3)10-13-6-4-5-7-14(13)16/h4-7,11-12,16H,8-10H2,1-3H3,(H,17,18)/t12-,16-/m0/s1. The van der Waals surface area contributed by atoms with E-state index in [0.29, 0.717) is 18.9 Å². The van der Waals surface area contributed by atoms with Crippen molar-refractivity contribution in [3.05, 3.63) is 35.4 Å². The minimum Gasteiger partial charge on any atom is -0.378 e. The van der Waals surface area contributed by atoms with Gasteiger partial charge in [0.25, 0.3) is 0 Å². The maximum Gasteiger partial charge on any atom is 0.222 e. The predicted octanol–water partition coefficient (Wildman–Crippen LogP) is 2.85. The van der Waals surface area contributed by atoms with Crippen LogP contribution < -0.4 is 5.32 Å². The van der Waals surface area contributed by atoms with Crippen LogP contribution >= 0.6 is 0 Å². The third-order valence-corrected chi connectivity index (χ3v) is 3.60. The monoisotopic (exact) mass is 261 g/mol. The molecule has 19 heavy (non-hydrogen) atoms. The van der Waals surface area contributed by atoms with Crippen molar-refractivity contribution in [1.82, 2.24) is 5.32 Å². The summed E-state index contributed by atoms with van der Waals surface area (Å²) >= 11 is 0. The normalized spacial score (nSPS) is 21.5. The van der Waals surface area contributed by atoms with Crippen LogP contribution in [0.1, 0.15) is 44.4 Å². The molecule has 1 aliphatic carbocycles. The first-order valence-corrected chi connectivity index (χ1v) is 7.06. The molecule has 0 saturated carbocycles. The van der Waals surface area contributed by atoms with E-state index in [1.165, 1.54) is 11.1 Å². The van der Waals surface area contributed by atoms with Gasteiger partial charge in [-0.15, -0.1) is 0 Å². The van der Waals surface area contributed by atoms with E-state index in [1.54, 1.807) is 0 Å². The number of benzene rings is 1. The quantitative estimate of drug-likeness (QED) is 0.885. The summed E-state index contributed by atoms with van der Waals surface area (Å²) in [5.41, 5.74) is 2.63. The van der Waals surface area contributed by atoms with Crippen molar-refractivity contribution in [1.29, 1.82) is 0 Å². The van der Waals surface area contributed by atoms with Gasteiger partial charge in [-0.1, -0.05) is 31.2 Å².